The van der Waals surface area contributed by atoms with E-state index in [1.807, 2.05) is 61.0 Å². The van der Waals surface area contributed by atoms with E-state index in [4.69, 9.17) is 4.52 Å². The Balaban J connectivity index is 1.76. The van der Waals surface area contributed by atoms with Crippen molar-refractivity contribution in [2.24, 2.45) is 0 Å². The highest BCUT2D eigenvalue weighted by Crippen LogP contribution is 2.26. The molecular formula is C17H15N5O. The predicted molar refractivity (Wildman–Crippen MR) is 86.7 cm³/mol. The van der Waals surface area contributed by atoms with Crippen molar-refractivity contribution in [2.45, 2.75) is 20.4 Å². The van der Waals surface area contributed by atoms with E-state index in [1.54, 1.807) is 0 Å². The molecule has 0 aliphatic rings. The normalized spacial score (nSPS) is 11.2. The number of benzene rings is 2. The Bertz CT molecular complexity index is 985. The number of fused-ring (bicyclic) bond motifs is 1. The average molecular weight is 305 g/mol. The van der Waals surface area contributed by atoms with Crippen molar-refractivity contribution >= 4 is 11.0 Å². The highest BCUT2D eigenvalue weighted by molar-refractivity contribution is 5.80. The van der Waals surface area contributed by atoms with E-state index in [-0.39, 0.29) is 0 Å². The number of hydrogen-bond donors (Lipinski definition) is 0. The number of aromatic nitrogens is 5. The first kappa shape index (κ1) is 13.6. The van der Waals surface area contributed by atoms with Crippen LogP contribution in [-0.2, 0) is 6.54 Å². The lowest BCUT2D eigenvalue weighted by Crippen LogP contribution is -1.95. The second-order valence-electron chi connectivity index (χ2n) is 5.35. The monoisotopic (exact) mass is 305 g/mol. The molecule has 4 rings (SSSR count). The molecule has 0 radical (unpaired) electrons. The molecule has 23 heavy (non-hydrogen) atoms. The van der Waals surface area contributed by atoms with E-state index >= 15 is 0 Å². The van der Waals surface area contributed by atoms with E-state index in [9.17, 15) is 0 Å². The zero-order valence-corrected chi connectivity index (χ0v) is 12.9. The van der Waals surface area contributed by atoms with Gasteiger partial charge >= 0.3 is 0 Å². The van der Waals surface area contributed by atoms with Gasteiger partial charge < -0.3 is 4.52 Å². The lowest BCUT2D eigenvalue weighted by atomic mass is 10.1. The van der Waals surface area contributed by atoms with Gasteiger partial charge in [0.25, 0.3) is 5.89 Å². The number of hydrogen-bond acceptors (Lipinski definition) is 5. The maximum absolute atomic E-state index is 5.42. The molecule has 0 atom stereocenters. The van der Waals surface area contributed by atoms with Crippen LogP contribution in [0.25, 0.3) is 33.9 Å². The Morgan fingerprint density at radius 3 is 2.83 bits per heavy atom. The molecule has 0 aliphatic heterocycles. The standard InChI is InChI=1S/C17H15N5O/c1-3-22-15-9-8-12(10-14(15)19-21-22)16-18-17(23-20-16)13-7-5-4-6-11(13)2/h4-10H,3H2,1-2H3. The summed E-state index contributed by atoms with van der Waals surface area (Å²) in [5.41, 5.74) is 4.74. The Labute approximate surface area is 132 Å². The summed E-state index contributed by atoms with van der Waals surface area (Å²) >= 11 is 0. The van der Waals surface area contributed by atoms with Gasteiger partial charge in [0.1, 0.15) is 5.52 Å². The van der Waals surface area contributed by atoms with E-state index in [2.05, 4.69) is 20.5 Å². The summed E-state index contributed by atoms with van der Waals surface area (Å²) in [5.74, 6) is 1.08. The maximum Gasteiger partial charge on any atom is 0.258 e. The quantitative estimate of drug-likeness (QED) is 0.579. The smallest absolute Gasteiger partial charge is 0.258 e. The van der Waals surface area contributed by atoms with Gasteiger partial charge in [-0.1, -0.05) is 28.6 Å². The van der Waals surface area contributed by atoms with Gasteiger partial charge in [-0.25, -0.2) is 4.68 Å². The molecular weight excluding hydrogens is 290 g/mol. The van der Waals surface area contributed by atoms with E-state index in [0.717, 1.165) is 34.3 Å². The summed E-state index contributed by atoms with van der Waals surface area (Å²) in [7, 11) is 0. The molecule has 2 heterocycles. The van der Waals surface area contributed by atoms with Crippen LogP contribution in [0.15, 0.2) is 47.0 Å². The van der Waals surface area contributed by atoms with Crippen LogP contribution in [0.2, 0.25) is 0 Å². The minimum absolute atomic E-state index is 0.524. The van der Waals surface area contributed by atoms with Gasteiger partial charge in [-0.05, 0) is 43.7 Å². The highest BCUT2D eigenvalue weighted by atomic mass is 16.5. The molecule has 2 aromatic carbocycles. The molecule has 0 aliphatic carbocycles. The van der Waals surface area contributed by atoms with Gasteiger partial charge in [0, 0.05) is 17.7 Å². The van der Waals surface area contributed by atoms with Gasteiger partial charge in [0.15, 0.2) is 0 Å². The van der Waals surface area contributed by atoms with Crippen molar-refractivity contribution in [2.75, 3.05) is 0 Å². The molecule has 0 saturated carbocycles. The van der Waals surface area contributed by atoms with E-state index < -0.39 is 0 Å². The van der Waals surface area contributed by atoms with Gasteiger partial charge in [-0.15, -0.1) is 5.10 Å². The molecule has 2 aromatic heterocycles. The van der Waals surface area contributed by atoms with Crippen molar-refractivity contribution in [3.63, 3.8) is 0 Å². The minimum Gasteiger partial charge on any atom is -0.334 e. The Hall–Kier alpha value is -3.02. The average Bonchev–Trinajstić information content (AvgIpc) is 3.21. The van der Waals surface area contributed by atoms with Crippen LogP contribution in [-0.4, -0.2) is 25.1 Å². The lowest BCUT2D eigenvalue weighted by molar-refractivity contribution is 0.432. The van der Waals surface area contributed by atoms with Gasteiger partial charge in [-0.2, -0.15) is 4.98 Å². The van der Waals surface area contributed by atoms with Crippen LogP contribution in [0, 0.1) is 6.92 Å². The largest absolute Gasteiger partial charge is 0.334 e. The van der Waals surface area contributed by atoms with E-state index in [0.29, 0.717) is 11.7 Å². The number of nitrogens with zero attached hydrogens (tertiary/aromatic N) is 5. The second kappa shape index (κ2) is 5.31. The SMILES string of the molecule is CCn1nnc2cc(-c3noc(-c4ccccc4C)n3)ccc21. The number of aryl methyl sites for hydroxylation is 2. The van der Waals surface area contributed by atoms with Gasteiger partial charge in [0.05, 0.1) is 5.52 Å². The molecule has 0 unspecified atom stereocenters. The molecule has 0 bridgehead atoms. The molecule has 0 amide bonds. The molecule has 6 heteroatoms. The van der Waals surface area contributed by atoms with Crippen LogP contribution in [0.3, 0.4) is 0 Å². The maximum atomic E-state index is 5.42. The summed E-state index contributed by atoms with van der Waals surface area (Å²) in [6.45, 7) is 4.85. The predicted octanol–water partition coefficient (Wildman–Crippen LogP) is 3.48. The van der Waals surface area contributed by atoms with Crippen LogP contribution in [0.4, 0.5) is 0 Å². The third-order valence-corrected chi connectivity index (χ3v) is 3.87. The molecule has 4 aromatic rings. The fourth-order valence-corrected chi connectivity index (χ4v) is 2.61. The summed E-state index contributed by atoms with van der Waals surface area (Å²) < 4.78 is 7.28. The zero-order valence-electron chi connectivity index (χ0n) is 12.9. The number of rotatable bonds is 3. The van der Waals surface area contributed by atoms with Crippen LogP contribution >= 0.6 is 0 Å². The molecule has 114 valence electrons. The third kappa shape index (κ3) is 2.28. The minimum atomic E-state index is 0.524. The van der Waals surface area contributed by atoms with Crippen molar-refractivity contribution in [1.29, 1.82) is 0 Å². The third-order valence-electron chi connectivity index (χ3n) is 3.87. The molecule has 6 nitrogen and oxygen atoms in total. The van der Waals surface area contributed by atoms with Crippen LogP contribution < -0.4 is 0 Å². The molecule has 0 fully saturated rings. The molecule has 0 spiro atoms. The fourth-order valence-electron chi connectivity index (χ4n) is 2.61. The van der Waals surface area contributed by atoms with Crippen molar-refractivity contribution < 1.29 is 4.52 Å². The molecule has 0 N–H and O–H groups in total. The van der Waals surface area contributed by atoms with Gasteiger partial charge in [0.2, 0.25) is 5.82 Å². The Morgan fingerprint density at radius 2 is 2.00 bits per heavy atom. The summed E-state index contributed by atoms with van der Waals surface area (Å²) in [6, 6.07) is 13.8. The summed E-state index contributed by atoms with van der Waals surface area (Å²) in [6.07, 6.45) is 0. The Kier molecular flexibility index (Phi) is 3.15. The molecule has 0 saturated heterocycles. The summed E-state index contributed by atoms with van der Waals surface area (Å²) in [4.78, 5) is 4.51. The van der Waals surface area contributed by atoms with E-state index in [1.165, 1.54) is 0 Å². The summed E-state index contributed by atoms with van der Waals surface area (Å²) in [5, 5.41) is 12.4. The van der Waals surface area contributed by atoms with Crippen LogP contribution in [0.1, 0.15) is 12.5 Å². The highest BCUT2D eigenvalue weighted by Gasteiger charge is 2.13. The van der Waals surface area contributed by atoms with Crippen molar-refractivity contribution in [3.8, 4) is 22.8 Å². The first-order chi connectivity index (χ1) is 11.3. The zero-order chi connectivity index (χ0) is 15.8. The van der Waals surface area contributed by atoms with Crippen molar-refractivity contribution in [1.82, 2.24) is 25.1 Å². The van der Waals surface area contributed by atoms with Crippen molar-refractivity contribution in [3.05, 3.63) is 48.0 Å². The fraction of sp³-hybridized carbons (Fsp3) is 0.176. The first-order valence-corrected chi connectivity index (χ1v) is 7.49. The lowest BCUT2D eigenvalue weighted by Gasteiger charge is -1.98. The van der Waals surface area contributed by atoms with Crippen LogP contribution in [0.5, 0.6) is 0 Å². The Morgan fingerprint density at radius 1 is 1.13 bits per heavy atom. The first-order valence-electron chi connectivity index (χ1n) is 7.49. The van der Waals surface area contributed by atoms with Gasteiger partial charge in [-0.3, -0.25) is 0 Å². The second-order valence-corrected chi connectivity index (χ2v) is 5.35. The topological polar surface area (TPSA) is 69.6 Å².